The normalized spacial score (nSPS) is 21.6. The maximum Gasteiger partial charge on any atom is 0.240 e. The molecule has 1 aromatic rings. The first kappa shape index (κ1) is 22.3. The summed E-state index contributed by atoms with van der Waals surface area (Å²) in [7, 11) is -6.01. The number of aryl methyl sites for hydroxylation is 1. The summed E-state index contributed by atoms with van der Waals surface area (Å²) in [6.45, 7) is 2.03. The fourth-order valence-electron chi connectivity index (χ4n) is 3.11. The van der Waals surface area contributed by atoms with Crippen molar-refractivity contribution in [2.24, 2.45) is 11.7 Å². The van der Waals surface area contributed by atoms with Crippen molar-refractivity contribution in [1.29, 1.82) is 0 Å². The molecule has 0 aliphatic heterocycles. The number of nitrogens with one attached hydrogen (secondary N) is 2. The number of rotatable bonds is 6. The fourth-order valence-corrected chi connectivity index (χ4v) is 5.49. The lowest BCUT2D eigenvalue weighted by atomic mass is 9.85. The van der Waals surface area contributed by atoms with Crippen LogP contribution in [0.25, 0.3) is 0 Å². The van der Waals surface area contributed by atoms with Gasteiger partial charge in [0.25, 0.3) is 0 Å². The number of benzene rings is 1. The van der Waals surface area contributed by atoms with E-state index in [9.17, 15) is 16.8 Å². The quantitative estimate of drug-likeness (QED) is 0.648. The molecule has 0 heterocycles. The summed E-state index contributed by atoms with van der Waals surface area (Å²) >= 11 is 0. The van der Waals surface area contributed by atoms with Crippen molar-refractivity contribution in [1.82, 2.24) is 9.44 Å². The lowest BCUT2D eigenvalue weighted by Gasteiger charge is -2.31. The predicted molar refractivity (Wildman–Crippen MR) is 99.8 cm³/mol. The molecule has 2 rings (SSSR count). The first-order valence-corrected chi connectivity index (χ1v) is 10.9. The number of hydrogen-bond donors (Lipinski definition) is 3. The van der Waals surface area contributed by atoms with Gasteiger partial charge >= 0.3 is 0 Å². The molecule has 4 N–H and O–H groups in total. The molecule has 25 heavy (non-hydrogen) atoms. The van der Waals surface area contributed by atoms with Crippen LogP contribution in [0.5, 0.6) is 0 Å². The average molecular weight is 412 g/mol. The highest BCUT2D eigenvalue weighted by molar-refractivity contribution is 7.90. The minimum atomic E-state index is -3.72. The highest BCUT2D eigenvalue weighted by Gasteiger charge is 2.29. The summed E-state index contributed by atoms with van der Waals surface area (Å²) in [5.74, 6) is 0.138. The third-order valence-corrected chi connectivity index (χ3v) is 7.60. The summed E-state index contributed by atoms with van der Waals surface area (Å²) in [4.78, 5) is 0.137. The van der Waals surface area contributed by atoms with Gasteiger partial charge in [0.2, 0.25) is 20.0 Å². The fraction of sp³-hybridized carbons (Fsp3) is 0.600. The first-order chi connectivity index (χ1) is 11.2. The van der Waals surface area contributed by atoms with Gasteiger partial charge in [0, 0.05) is 6.04 Å². The zero-order valence-electron chi connectivity index (χ0n) is 14.4. The molecular weight excluding hydrogens is 386 g/mol. The number of hydrogen-bond acceptors (Lipinski definition) is 5. The molecule has 0 radical (unpaired) electrons. The zero-order chi connectivity index (χ0) is 18.0. The van der Waals surface area contributed by atoms with E-state index in [1.54, 1.807) is 6.92 Å². The van der Waals surface area contributed by atoms with Crippen molar-refractivity contribution >= 4 is 32.5 Å². The van der Waals surface area contributed by atoms with Crippen LogP contribution >= 0.6 is 12.4 Å². The Balaban J connectivity index is 0.00000312. The standard InChI is InChI=1S/C15H25N3O4S2.ClH/c1-11-9-13(7-8-15(11)24(21,22)17-2)23(19,20)18-14-6-4-3-5-12(14)10-16;/h7-9,12,14,17-18H,3-6,10,16H2,1-2H3;1H. The Bertz CT molecular complexity index is 797. The molecule has 1 fully saturated rings. The van der Waals surface area contributed by atoms with Crippen LogP contribution in [0.2, 0.25) is 0 Å². The lowest BCUT2D eigenvalue weighted by Crippen LogP contribution is -2.44. The third-order valence-electron chi connectivity index (χ3n) is 4.53. The van der Waals surface area contributed by atoms with E-state index < -0.39 is 20.0 Å². The van der Waals surface area contributed by atoms with Crippen LogP contribution in [0.15, 0.2) is 28.0 Å². The van der Waals surface area contributed by atoms with E-state index in [0.717, 1.165) is 25.7 Å². The van der Waals surface area contributed by atoms with Crippen LogP contribution < -0.4 is 15.2 Å². The van der Waals surface area contributed by atoms with Crippen molar-refractivity contribution in [2.75, 3.05) is 13.6 Å². The molecule has 0 amide bonds. The van der Waals surface area contributed by atoms with Gasteiger partial charge in [-0.3, -0.25) is 0 Å². The van der Waals surface area contributed by atoms with Crippen molar-refractivity contribution in [3.63, 3.8) is 0 Å². The molecule has 0 aromatic heterocycles. The van der Waals surface area contributed by atoms with Gasteiger partial charge in [-0.05, 0) is 63.0 Å². The number of nitrogens with two attached hydrogens (primary N) is 1. The SMILES string of the molecule is CNS(=O)(=O)c1ccc(S(=O)(=O)NC2CCCCC2CN)cc1C.Cl. The molecule has 1 aliphatic carbocycles. The molecule has 0 bridgehead atoms. The molecular formula is C15H26ClN3O4S2. The molecule has 1 aliphatic rings. The smallest absolute Gasteiger partial charge is 0.240 e. The molecule has 0 saturated heterocycles. The molecule has 144 valence electrons. The van der Waals surface area contributed by atoms with Crippen molar-refractivity contribution in [2.45, 2.75) is 48.4 Å². The van der Waals surface area contributed by atoms with Gasteiger partial charge in [-0.2, -0.15) is 0 Å². The first-order valence-electron chi connectivity index (χ1n) is 7.98. The van der Waals surface area contributed by atoms with Crippen LogP contribution in [0.3, 0.4) is 0 Å². The highest BCUT2D eigenvalue weighted by atomic mass is 35.5. The van der Waals surface area contributed by atoms with E-state index in [-0.39, 0.29) is 34.2 Å². The van der Waals surface area contributed by atoms with E-state index in [1.807, 2.05) is 0 Å². The predicted octanol–water partition coefficient (Wildman–Crippen LogP) is 1.12. The molecule has 7 nitrogen and oxygen atoms in total. The monoisotopic (exact) mass is 411 g/mol. The Hall–Kier alpha value is -0.710. The van der Waals surface area contributed by atoms with E-state index in [4.69, 9.17) is 5.73 Å². The van der Waals surface area contributed by atoms with E-state index in [2.05, 4.69) is 9.44 Å². The maximum atomic E-state index is 12.6. The Labute approximate surface area is 156 Å². The summed E-state index contributed by atoms with van der Waals surface area (Å²) in [6.07, 6.45) is 3.73. The van der Waals surface area contributed by atoms with Gasteiger partial charge in [-0.1, -0.05) is 12.8 Å². The van der Waals surface area contributed by atoms with Crippen LogP contribution in [0.4, 0.5) is 0 Å². The van der Waals surface area contributed by atoms with Crippen LogP contribution in [0, 0.1) is 12.8 Å². The van der Waals surface area contributed by atoms with Gasteiger partial charge < -0.3 is 5.73 Å². The second-order valence-corrected chi connectivity index (χ2v) is 9.71. The lowest BCUT2D eigenvalue weighted by molar-refractivity contribution is 0.296. The van der Waals surface area contributed by atoms with E-state index >= 15 is 0 Å². The van der Waals surface area contributed by atoms with Crippen molar-refractivity contribution < 1.29 is 16.8 Å². The second-order valence-electron chi connectivity index (χ2n) is 6.14. The Morgan fingerprint density at radius 3 is 2.32 bits per heavy atom. The largest absolute Gasteiger partial charge is 0.330 e. The minimum absolute atomic E-state index is 0. The molecule has 10 heteroatoms. The van der Waals surface area contributed by atoms with Gasteiger partial charge in [-0.25, -0.2) is 26.3 Å². The molecule has 1 aromatic carbocycles. The average Bonchev–Trinajstić information content (AvgIpc) is 2.54. The molecule has 0 spiro atoms. The summed E-state index contributed by atoms with van der Waals surface area (Å²) in [6, 6.07) is 3.85. The van der Waals surface area contributed by atoms with Crippen LogP contribution in [-0.4, -0.2) is 36.5 Å². The van der Waals surface area contributed by atoms with Crippen molar-refractivity contribution in [3.05, 3.63) is 23.8 Å². The number of sulfonamides is 2. The molecule has 2 atom stereocenters. The van der Waals surface area contributed by atoms with E-state index in [0.29, 0.717) is 12.1 Å². The summed E-state index contributed by atoms with van der Waals surface area (Å²) in [5.41, 5.74) is 6.13. The Morgan fingerprint density at radius 1 is 1.12 bits per heavy atom. The Kier molecular flexibility index (Phi) is 7.85. The second kappa shape index (κ2) is 8.79. The zero-order valence-corrected chi connectivity index (χ0v) is 16.8. The summed E-state index contributed by atoms with van der Waals surface area (Å²) < 4.78 is 54.0. The van der Waals surface area contributed by atoms with E-state index in [1.165, 1.54) is 25.2 Å². The van der Waals surface area contributed by atoms with Gasteiger partial charge in [0.15, 0.2) is 0 Å². The third kappa shape index (κ3) is 5.15. The van der Waals surface area contributed by atoms with Crippen molar-refractivity contribution in [3.8, 4) is 0 Å². The van der Waals surface area contributed by atoms with Gasteiger partial charge in [-0.15, -0.1) is 12.4 Å². The topological polar surface area (TPSA) is 118 Å². The van der Waals surface area contributed by atoms with Gasteiger partial charge in [0.1, 0.15) is 0 Å². The maximum absolute atomic E-state index is 12.6. The highest BCUT2D eigenvalue weighted by Crippen LogP contribution is 2.26. The number of halogens is 1. The Morgan fingerprint density at radius 2 is 1.76 bits per heavy atom. The van der Waals surface area contributed by atoms with Gasteiger partial charge in [0.05, 0.1) is 9.79 Å². The minimum Gasteiger partial charge on any atom is -0.330 e. The summed E-state index contributed by atoms with van der Waals surface area (Å²) in [5, 5.41) is 0. The molecule has 1 saturated carbocycles. The van der Waals surface area contributed by atoms with Crippen LogP contribution in [0.1, 0.15) is 31.2 Å². The van der Waals surface area contributed by atoms with Crippen LogP contribution in [-0.2, 0) is 20.0 Å². The molecule has 2 unspecified atom stereocenters.